The molecule has 2 N–H and O–H groups in total. The van der Waals surface area contributed by atoms with E-state index >= 15 is 0 Å². The molecule has 8 heteroatoms. The summed E-state index contributed by atoms with van der Waals surface area (Å²) in [6, 6.07) is 25.7. The third kappa shape index (κ3) is 5.08. The lowest BCUT2D eigenvalue weighted by Crippen LogP contribution is -2.39. The molecule has 0 fully saturated rings. The summed E-state index contributed by atoms with van der Waals surface area (Å²) in [5, 5.41) is 10.5. The van der Waals surface area contributed by atoms with Crippen LogP contribution in [0.15, 0.2) is 93.5 Å². The van der Waals surface area contributed by atoms with Gasteiger partial charge in [0.1, 0.15) is 15.4 Å². The summed E-state index contributed by atoms with van der Waals surface area (Å²) in [4.78, 5) is 13.6. The van der Waals surface area contributed by atoms with E-state index in [1.54, 1.807) is 24.3 Å². The van der Waals surface area contributed by atoms with Crippen LogP contribution in [0.4, 0.5) is 0 Å². The normalized spacial score (nSPS) is 15.9. The van der Waals surface area contributed by atoms with Gasteiger partial charge in [0.2, 0.25) is 9.84 Å². The van der Waals surface area contributed by atoms with Gasteiger partial charge in [0.05, 0.1) is 27.0 Å². The first-order valence-electron chi connectivity index (χ1n) is 13.4. The summed E-state index contributed by atoms with van der Waals surface area (Å²) in [6.45, 7) is 8.37. The van der Waals surface area contributed by atoms with Crippen LogP contribution in [-0.2, 0) is 9.84 Å². The number of thiazole rings is 1. The molecule has 1 aliphatic rings. The molecular weight excluding hydrogens is 551 g/mol. The number of allylic oxidation sites excluding steroid dienone is 1. The maximum Gasteiger partial charge on any atom is 0.274 e. The van der Waals surface area contributed by atoms with Crippen molar-refractivity contribution in [1.29, 1.82) is 5.26 Å². The van der Waals surface area contributed by atoms with Gasteiger partial charge in [0, 0.05) is 0 Å². The van der Waals surface area contributed by atoms with Crippen molar-refractivity contribution in [3.05, 3.63) is 126 Å². The molecule has 4 aromatic rings. The summed E-state index contributed by atoms with van der Waals surface area (Å²) in [5.74, 6) is -0.504. The van der Waals surface area contributed by atoms with Gasteiger partial charge in [-0.2, -0.15) is 5.26 Å². The molecule has 208 valence electrons. The van der Waals surface area contributed by atoms with Crippen LogP contribution >= 0.6 is 11.3 Å². The van der Waals surface area contributed by atoms with Crippen LogP contribution in [0.3, 0.4) is 0 Å². The minimum atomic E-state index is -4.18. The molecular formula is C33H31N3O3S2. The molecule has 5 rings (SSSR count). The lowest BCUT2D eigenvalue weighted by atomic mass is 9.89. The van der Waals surface area contributed by atoms with Crippen LogP contribution in [0, 0.1) is 11.3 Å². The summed E-state index contributed by atoms with van der Waals surface area (Å²) in [6.07, 6.45) is 1.75. The zero-order chi connectivity index (χ0) is 29.5. The van der Waals surface area contributed by atoms with E-state index in [2.05, 4.69) is 33.8 Å². The van der Waals surface area contributed by atoms with E-state index < -0.39 is 21.3 Å². The number of fused-ring (bicyclic) bond motifs is 1. The smallest absolute Gasteiger partial charge is 0.274 e. The van der Waals surface area contributed by atoms with E-state index in [0.29, 0.717) is 20.7 Å². The third-order valence-corrected chi connectivity index (χ3v) is 10.4. The molecule has 0 amide bonds. The molecule has 41 heavy (non-hydrogen) atoms. The van der Waals surface area contributed by atoms with Crippen LogP contribution < -0.4 is 20.5 Å². The number of hydrogen-bond acceptors (Lipinski definition) is 6. The van der Waals surface area contributed by atoms with Gasteiger partial charge in [-0.15, -0.1) is 11.3 Å². The Morgan fingerprint density at radius 3 is 2.00 bits per heavy atom. The van der Waals surface area contributed by atoms with Crippen LogP contribution in [0.2, 0.25) is 0 Å². The average molecular weight is 582 g/mol. The Hall–Kier alpha value is -4.19. The van der Waals surface area contributed by atoms with Crippen molar-refractivity contribution in [3.63, 3.8) is 0 Å². The van der Waals surface area contributed by atoms with E-state index in [4.69, 9.17) is 5.73 Å². The van der Waals surface area contributed by atoms with E-state index in [-0.39, 0.29) is 27.1 Å². The Balaban J connectivity index is 1.82. The Labute approximate surface area is 243 Å². The van der Waals surface area contributed by atoms with Crippen molar-refractivity contribution in [2.45, 2.75) is 50.3 Å². The predicted octanol–water partition coefficient (Wildman–Crippen LogP) is 5.02. The lowest BCUT2D eigenvalue weighted by Gasteiger charge is -2.26. The molecule has 1 aliphatic heterocycles. The van der Waals surface area contributed by atoms with Gasteiger partial charge in [-0.05, 0) is 52.3 Å². The van der Waals surface area contributed by atoms with Gasteiger partial charge < -0.3 is 5.73 Å². The second-order valence-corrected chi connectivity index (χ2v) is 13.7. The highest BCUT2D eigenvalue weighted by Gasteiger charge is 2.39. The van der Waals surface area contributed by atoms with Gasteiger partial charge in [-0.3, -0.25) is 9.36 Å². The minimum absolute atomic E-state index is 0.0443. The Bertz CT molecular complexity index is 1980. The quantitative estimate of drug-likeness (QED) is 0.344. The Kier molecular flexibility index (Phi) is 7.60. The topological polar surface area (TPSA) is 106 Å². The molecule has 0 radical (unpaired) electrons. The number of benzene rings is 3. The van der Waals surface area contributed by atoms with Crippen LogP contribution in [0.5, 0.6) is 0 Å². The fourth-order valence-electron chi connectivity index (χ4n) is 5.05. The van der Waals surface area contributed by atoms with Gasteiger partial charge in [-0.25, -0.2) is 8.42 Å². The first-order valence-corrected chi connectivity index (χ1v) is 15.7. The third-order valence-electron chi connectivity index (χ3n) is 7.40. The first-order chi connectivity index (χ1) is 19.5. The molecule has 1 atom stereocenters. The van der Waals surface area contributed by atoms with E-state index in [9.17, 15) is 18.5 Å². The fraction of sp³-hybridized carbons (Fsp3) is 0.212. The second-order valence-electron chi connectivity index (χ2n) is 10.7. The summed E-state index contributed by atoms with van der Waals surface area (Å²) in [5.41, 5.74) is 10.0. The van der Waals surface area contributed by atoms with Crippen molar-refractivity contribution in [1.82, 2.24) is 4.57 Å². The van der Waals surface area contributed by atoms with Crippen molar-refractivity contribution >= 4 is 38.6 Å². The maximum atomic E-state index is 14.1. The largest absolute Gasteiger partial charge is 0.384 e. The number of nitrogens with zero attached hydrogens (tertiary/aromatic N) is 2. The average Bonchev–Trinajstić information content (AvgIpc) is 3.29. The Morgan fingerprint density at radius 1 is 0.902 bits per heavy atom. The van der Waals surface area contributed by atoms with Gasteiger partial charge in [0.15, 0.2) is 0 Å². The molecule has 0 saturated carbocycles. The second kappa shape index (κ2) is 11.0. The summed E-state index contributed by atoms with van der Waals surface area (Å²) >= 11 is 1.15. The zero-order valence-electron chi connectivity index (χ0n) is 23.3. The predicted molar refractivity (Wildman–Crippen MR) is 165 cm³/mol. The number of hydrogen-bond donors (Lipinski definition) is 1. The summed E-state index contributed by atoms with van der Waals surface area (Å²) in [7, 11) is -4.18. The van der Waals surface area contributed by atoms with E-state index in [1.807, 2.05) is 48.5 Å². The maximum absolute atomic E-state index is 14.1. The van der Waals surface area contributed by atoms with Crippen molar-refractivity contribution in [2.24, 2.45) is 5.73 Å². The van der Waals surface area contributed by atoms with E-state index in [1.165, 1.54) is 22.3 Å². The fourth-order valence-corrected chi connectivity index (χ4v) is 7.87. The molecule has 2 heterocycles. The molecule has 3 aromatic carbocycles. The van der Waals surface area contributed by atoms with E-state index in [0.717, 1.165) is 22.5 Å². The van der Waals surface area contributed by atoms with Crippen LogP contribution in [0.1, 0.15) is 67.7 Å². The standard InChI is InChI=1S/C33H31N3O3S2/c1-20(2)23-12-10-22(11-13-23)18-28-32(37)36-31(35)30(41(38,39)26-8-6-5-7-9-26)29(27(19-34)33(36)40-28)25-16-14-24(15-17-25)21(3)4/h5-18,20-21,29H,35H2,1-4H3. The number of sulfone groups is 1. The molecule has 0 saturated heterocycles. The molecule has 1 unspecified atom stereocenters. The molecule has 0 spiro atoms. The van der Waals surface area contributed by atoms with Crippen LogP contribution in [0.25, 0.3) is 17.5 Å². The van der Waals surface area contributed by atoms with Crippen molar-refractivity contribution < 1.29 is 8.42 Å². The lowest BCUT2D eigenvalue weighted by molar-refractivity contribution is 0.599. The highest BCUT2D eigenvalue weighted by molar-refractivity contribution is 7.95. The highest BCUT2D eigenvalue weighted by atomic mass is 32.2. The number of rotatable bonds is 6. The molecule has 1 aromatic heterocycles. The number of nitriles is 1. The number of nitrogens with two attached hydrogens (primary N) is 1. The van der Waals surface area contributed by atoms with Gasteiger partial charge in [-0.1, -0.05) is 94.4 Å². The van der Waals surface area contributed by atoms with Gasteiger partial charge >= 0.3 is 0 Å². The zero-order valence-corrected chi connectivity index (χ0v) is 25.0. The molecule has 0 bridgehead atoms. The first kappa shape index (κ1) is 28.3. The monoisotopic (exact) mass is 581 g/mol. The van der Waals surface area contributed by atoms with Crippen molar-refractivity contribution in [2.75, 3.05) is 0 Å². The SMILES string of the molecule is CC(C)c1ccc(C=c2sc3n(c2=O)C(N)=C(S(=O)(=O)c2ccccc2)C(c2ccc(C(C)C)cc2)C=3C#N)cc1. The highest BCUT2D eigenvalue weighted by Crippen LogP contribution is 2.41. The molecule has 0 aliphatic carbocycles. The van der Waals surface area contributed by atoms with Crippen molar-refractivity contribution in [3.8, 4) is 6.07 Å². The number of aromatic nitrogens is 1. The molecule has 6 nitrogen and oxygen atoms in total. The summed E-state index contributed by atoms with van der Waals surface area (Å²) < 4.78 is 30.2. The minimum Gasteiger partial charge on any atom is -0.384 e. The Morgan fingerprint density at radius 2 is 1.46 bits per heavy atom. The van der Waals surface area contributed by atoms with Crippen LogP contribution in [-0.4, -0.2) is 13.0 Å². The van der Waals surface area contributed by atoms with Gasteiger partial charge in [0.25, 0.3) is 5.56 Å².